The molecule has 1 aromatic rings. The lowest BCUT2D eigenvalue weighted by atomic mass is 10.0. The number of carboxylic acids is 1. The number of benzene rings is 1. The molecule has 0 saturated carbocycles. The Hall–Kier alpha value is -2.35. The first-order valence-electron chi connectivity index (χ1n) is 6.54. The zero-order valence-electron chi connectivity index (χ0n) is 11.2. The molecule has 5 heteroatoms. The second-order valence-corrected chi connectivity index (χ2v) is 5.00. The van der Waals surface area contributed by atoms with Gasteiger partial charge in [-0.2, -0.15) is 5.26 Å². The van der Waals surface area contributed by atoms with Gasteiger partial charge in [-0.1, -0.05) is 12.1 Å². The highest BCUT2D eigenvalue weighted by Gasteiger charge is 2.38. The van der Waals surface area contributed by atoms with Crippen molar-refractivity contribution in [2.45, 2.75) is 25.8 Å². The molecule has 2 rings (SSSR count). The molecule has 1 N–H and O–H groups in total. The number of nitriles is 1. The highest BCUT2D eigenvalue weighted by molar-refractivity contribution is 5.95. The molecule has 1 saturated heterocycles. The van der Waals surface area contributed by atoms with Crippen LogP contribution in [0.15, 0.2) is 24.3 Å². The molecule has 2 unspecified atom stereocenters. The van der Waals surface area contributed by atoms with Crippen LogP contribution < -0.4 is 0 Å². The largest absolute Gasteiger partial charge is 0.481 e. The van der Waals surface area contributed by atoms with Gasteiger partial charge in [-0.05, 0) is 31.0 Å². The fourth-order valence-corrected chi connectivity index (χ4v) is 2.58. The van der Waals surface area contributed by atoms with Gasteiger partial charge < -0.3 is 10.0 Å². The molecular weight excluding hydrogens is 256 g/mol. The summed E-state index contributed by atoms with van der Waals surface area (Å²) >= 11 is 0. The van der Waals surface area contributed by atoms with Crippen LogP contribution in [0.1, 0.15) is 29.3 Å². The van der Waals surface area contributed by atoms with Gasteiger partial charge in [-0.25, -0.2) is 0 Å². The Morgan fingerprint density at radius 2 is 2.05 bits per heavy atom. The summed E-state index contributed by atoms with van der Waals surface area (Å²) in [6.45, 7) is 2.24. The molecule has 1 amide bonds. The third-order valence-electron chi connectivity index (χ3n) is 3.82. The highest BCUT2D eigenvalue weighted by Crippen LogP contribution is 2.26. The second kappa shape index (κ2) is 5.74. The minimum Gasteiger partial charge on any atom is -0.481 e. The van der Waals surface area contributed by atoms with E-state index < -0.39 is 11.9 Å². The molecule has 2 atom stereocenters. The maximum absolute atomic E-state index is 12.4. The van der Waals surface area contributed by atoms with Gasteiger partial charge in [0.25, 0.3) is 5.91 Å². The quantitative estimate of drug-likeness (QED) is 0.907. The van der Waals surface area contributed by atoms with E-state index >= 15 is 0 Å². The van der Waals surface area contributed by atoms with E-state index in [9.17, 15) is 9.59 Å². The van der Waals surface area contributed by atoms with Crippen LogP contribution in [-0.4, -0.2) is 34.5 Å². The topological polar surface area (TPSA) is 81.4 Å². The molecule has 0 radical (unpaired) electrons. The molecule has 20 heavy (non-hydrogen) atoms. The first kappa shape index (κ1) is 14.1. The van der Waals surface area contributed by atoms with E-state index in [1.807, 2.05) is 0 Å². The Labute approximate surface area is 117 Å². The number of nitrogens with zero attached hydrogens (tertiary/aromatic N) is 2. The van der Waals surface area contributed by atoms with Crippen LogP contribution in [0.5, 0.6) is 0 Å². The number of hydrogen-bond donors (Lipinski definition) is 1. The number of aliphatic carboxylic acids is 1. The molecule has 0 aromatic heterocycles. The molecule has 1 aliphatic heterocycles. The third-order valence-corrected chi connectivity index (χ3v) is 3.82. The molecule has 1 aliphatic rings. The van der Waals surface area contributed by atoms with Gasteiger partial charge in [-0.3, -0.25) is 9.59 Å². The van der Waals surface area contributed by atoms with Gasteiger partial charge in [0.15, 0.2) is 0 Å². The maximum atomic E-state index is 12.4. The van der Waals surface area contributed by atoms with Crippen LogP contribution in [0.4, 0.5) is 0 Å². The lowest BCUT2D eigenvalue weighted by molar-refractivity contribution is -0.142. The van der Waals surface area contributed by atoms with Crippen LogP contribution in [0.25, 0.3) is 0 Å². The predicted octanol–water partition coefficient (Wildman–Crippen LogP) is 1.69. The van der Waals surface area contributed by atoms with Gasteiger partial charge in [0.1, 0.15) is 0 Å². The van der Waals surface area contributed by atoms with E-state index in [0.29, 0.717) is 24.9 Å². The van der Waals surface area contributed by atoms with Crippen LogP contribution in [-0.2, 0) is 11.2 Å². The number of rotatable bonds is 3. The van der Waals surface area contributed by atoms with Crippen molar-refractivity contribution < 1.29 is 14.7 Å². The smallest absolute Gasteiger partial charge is 0.308 e. The van der Waals surface area contributed by atoms with E-state index in [1.54, 1.807) is 36.1 Å². The fourth-order valence-electron chi connectivity index (χ4n) is 2.58. The summed E-state index contributed by atoms with van der Waals surface area (Å²) in [7, 11) is 0. The van der Waals surface area contributed by atoms with Gasteiger partial charge in [0.05, 0.1) is 18.4 Å². The predicted molar refractivity (Wildman–Crippen MR) is 72.0 cm³/mol. The second-order valence-electron chi connectivity index (χ2n) is 5.00. The monoisotopic (exact) mass is 272 g/mol. The first-order valence-corrected chi connectivity index (χ1v) is 6.54. The molecule has 0 spiro atoms. The molecule has 1 aromatic carbocycles. The van der Waals surface area contributed by atoms with Crippen molar-refractivity contribution >= 4 is 11.9 Å². The van der Waals surface area contributed by atoms with Gasteiger partial charge in [-0.15, -0.1) is 0 Å². The summed E-state index contributed by atoms with van der Waals surface area (Å²) in [5, 5.41) is 17.7. The zero-order valence-corrected chi connectivity index (χ0v) is 11.2. The summed E-state index contributed by atoms with van der Waals surface area (Å²) in [5.74, 6) is -1.49. The normalized spacial score (nSPS) is 21.5. The average Bonchev–Trinajstić information content (AvgIpc) is 2.81. The van der Waals surface area contributed by atoms with Crippen molar-refractivity contribution in [3.05, 3.63) is 35.4 Å². The summed E-state index contributed by atoms with van der Waals surface area (Å²) in [6.07, 6.45) is 0.810. The van der Waals surface area contributed by atoms with E-state index in [0.717, 1.165) is 5.56 Å². The minimum absolute atomic E-state index is 0.148. The van der Waals surface area contributed by atoms with Crippen molar-refractivity contribution in [2.75, 3.05) is 6.54 Å². The summed E-state index contributed by atoms with van der Waals surface area (Å²) in [6, 6.07) is 8.65. The number of likely N-dealkylation sites (tertiary alicyclic amines) is 1. The van der Waals surface area contributed by atoms with Gasteiger partial charge in [0.2, 0.25) is 0 Å². The van der Waals surface area contributed by atoms with Crippen molar-refractivity contribution in [2.24, 2.45) is 5.92 Å². The standard InChI is InChI=1S/C15H16N2O3/c1-10-13(15(19)20)7-9-17(10)14(18)12-4-2-11(3-5-12)6-8-16/h2-5,10,13H,6-7,9H2,1H3,(H,19,20). The van der Waals surface area contributed by atoms with Crippen molar-refractivity contribution in [1.82, 2.24) is 4.90 Å². The number of carbonyl (C=O) groups is 2. The lowest BCUT2D eigenvalue weighted by Gasteiger charge is -2.23. The highest BCUT2D eigenvalue weighted by atomic mass is 16.4. The van der Waals surface area contributed by atoms with E-state index in [1.165, 1.54) is 0 Å². The van der Waals surface area contributed by atoms with E-state index in [4.69, 9.17) is 10.4 Å². The molecule has 104 valence electrons. The summed E-state index contributed by atoms with van der Waals surface area (Å²) in [4.78, 5) is 25.0. The third kappa shape index (κ3) is 2.64. The van der Waals surface area contributed by atoms with Gasteiger partial charge in [0, 0.05) is 18.2 Å². The number of amides is 1. The van der Waals surface area contributed by atoms with Crippen LogP contribution in [0.3, 0.4) is 0 Å². The molecule has 5 nitrogen and oxygen atoms in total. The van der Waals surface area contributed by atoms with Crippen molar-refractivity contribution in [3.63, 3.8) is 0 Å². The summed E-state index contributed by atoms with van der Waals surface area (Å²) < 4.78 is 0. The first-order chi connectivity index (χ1) is 9.54. The SMILES string of the molecule is CC1C(C(=O)O)CCN1C(=O)c1ccc(CC#N)cc1. The Bertz CT molecular complexity index is 559. The average molecular weight is 272 g/mol. The number of carbonyl (C=O) groups excluding carboxylic acids is 1. The van der Waals surface area contributed by atoms with Crippen LogP contribution in [0.2, 0.25) is 0 Å². The minimum atomic E-state index is -0.850. The zero-order chi connectivity index (χ0) is 14.7. The Morgan fingerprint density at radius 1 is 1.40 bits per heavy atom. The van der Waals surface area contributed by atoms with E-state index in [-0.39, 0.29) is 11.9 Å². The summed E-state index contributed by atoms with van der Waals surface area (Å²) in [5.41, 5.74) is 1.39. The molecule has 0 aliphatic carbocycles. The Balaban J connectivity index is 2.12. The Morgan fingerprint density at radius 3 is 2.55 bits per heavy atom. The fraction of sp³-hybridized carbons (Fsp3) is 0.400. The van der Waals surface area contributed by atoms with Crippen molar-refractivity contribution in [3.8, 4) is 6.07 Å². The lowest BCUT2D eigenvalue weighted by Crippen LogP contribution is -2.37. The molecule has 0 bridgehead atoms. The molecular formula is C15H16N2O3. The van der Waals surface area contributed by atoms with Crippen LogP contribution in [0, 0.1) is 17.2 Å². The number of hydrogen-bond acceptors (Lipinski definition) is 3. The molecule has 1 heterocycles. The van der Waals surface area contributed by atoms with Gasteiger partial charge >= 0.3 is 5.97 Å². The maximum Gasteiger partial charge on any atom is 0.308 e. The number of carboxylic acid groups (broad SMARTS) is 1. The van der Waals surface area contributed by atoms with Crippen molar-refractivity contribution in [1.29, 1.82) is 5.26 Å². The van der Waals surface area contributed by atoms with E-state index in [2.05, 4.69) is 6.07 Å². The van der Waals surface area contributed by atoms with Crippen LogP contribution >= 0.6 is 0 Å². The Kier molecular flexibility index (Phi) is 4.04. The molecule has 1 fully saturated rings.